The van der Waals surface area contributed by atoms with Gasteiger partial charge in [-0.25, -0.2) is 4.98 Å². The van der Waals surface area contributed by atoms with E-state index in [2.05, 4.69) is 34.0 Å². The Labute approximate surface area is 229 Å². The number of pyridine rings is 1. The molecule has 0 saturated carbocycles. The van der Waals surface area contributed by atoms with Gasteiger partial charge in [0.2, 0.25) is 5.91 Å². The van der Waals surface area contributed by atoms with Crippen molar-refractivity contribution in [3.63, 3.8) is 0 Å². The van der Waals surface area contributed by atoms with Crippen molar-refractivity contribution >= 4 is 45.9 Å². The Morgan fingerprint density at radius 1 is 1.03 bits per heavy atom. The minimum absolute atomic E-state index is 0.0766. The van der Waals surface area contributed by atoms with Gasteiger partial charge in [0.05, 0.1) is 18.4 Å². The number of halogens is 1. The number of thioether (sulfide) groups is 1. The number of nitrogens with zero attached hydrogens (tertiary/aromatic N) is 2. The number of ether oxygens (including phenoxy) is 1. The zero-order chi connectivity index (χ0) is 25.5. The quantitative estimate of drug-likeness (QED) is 0.168. The van der Waals surface area contributed by atoms with Crippen molar-refractivity contribution in [1.29, 1.82) is 5.26 Å². The van der Waals surface area contributed by atoms with E-state index in [9.17, 15) is 10.1 Å². The lowest BCUT2D eigenvalue weighted by molar-refractivity contribution is -0.115. The zero-order valence-corrected chi connectivity index (χ0v) is 22.9. The molecule has 1 aromatic heterocycles. The number of hydrogen-bond acceptors (Lipinski definition) is 5. The summed E-state index contributed by atoms with van der Waals surface area (Å²) in [7, 11) is 1.63. The van der Waals surface area contributed by atoms with E-state index in [0.29, 0.717) is 22.8 Å². The van der Waals surface area contributed by atoms with E-state index in [4.69, 9.17) is 9.72 Å². The molecule has 7 heteroatoms. The van der Waals surface area contributed by atoms with Gasteiger partial charge in [0.25, 0.3) is 0 Å². The summed E-state index contributed by atoms with van der Waals surface area (Å²) >= 11 is 3.65. The maximum absolute atomic E-state index is 12.5. The summed E-state index contributed by atoms with van der Waals surface area (Å²) in [5, 5.41) is 13.6. The lowest BCUT2D eigenvalue weighted by atomic mass is 9.98. The first-order valence-electron chi connectivity index (χ1n) is 11.3. The molecule has 1 amide bonds. The van der Waals surface area contributed by atoms with Crippen molar-refractivity contribution < 1.29 is 9.53 Å². The van der Waals surface area contributed by atoms with Crippen LogP contribution in [0.3, 0.4) is 0 Å². The number of carbonyl (C=O) groups excluding carboxylic acids is 1. The summed E-state index contributed by atoms with van der Waals surface area (Å²) < 4.78 is 6.40. The zero-order valence-electron chi connectivity index (χ0n) is 19.9. The van der Waals surface area contributed by atoms with E-state index in [-0.39, 0.29) is 5.91 Å². The molecule has 0 unspecified atom stereocenters. The summed E-state index contributed by atoms with van der Waals surface area (Å²) in [6.45, 7) is 2.03. The Kier molecular flexibility index (Phi) is 8.62. The standard InChI is InChI=1S/C29H24IN3O2S/c1-19-3-5-20(6-4-19)25-17-27(21-7-13-24(35-2)14-8-21)33-29(26(25)18-31)36-16-15-28(34)32-23-11-9-22(30)10-12-23/h3-14,17H,15-16H2,1-2H3,(H,32,34). The molecule has 1 heterocycles. The molecule has 4 rings (SSSR count). The third-order valence-electron chi connectivity index (χ3n) is 5.54. The molecule has 5 nitrogen and oxygen atoms in total. The average Bonchev–Trinajstić information content (AvgIpc) is 2.90. The van der Waals surface area contributed by atoms with Crippen molar-refractivity contribution in [3.05, 3.63) is 93.6 Å². The molecule has 0 fully saturated rings. The Morgan fingerprint density at radius 3 is 2.33 bits per heavy atom. The number of nitrogens with one attached hydrogen (secondary N) is 1. The van der Waals surface area contributed by atoms with E-state index in [1.807, 2.05) is 85.8 Å². The van der Waals surface area contributed by atoms with Crippen LogP contribution in [-0.2, 0) is 4.79 Å². The first-order chi connectivity index (χ1) is 17.5. The monoisotopic (exact) mass is 605 g/mol. The SMILES string of the molecule is COc1ccc(-c2cc(-c3ccc(C)cc3)c(C#N)c(SCCC(=O)Nc3ccc(I)cc3)n2)cc1. The van der Waals surface area contributed by atoms with Gasteiger partial charge in [-0.3, -0.25) is 4.79 Å². The van der Waals surface area contributed by atoms with E-state index >= 15 is 0 Å². The number of aromatic nitrogens is 1. The van der Waals surface area contributed by atoms with Crippen molar-refractivity contribution in [2.45, 2.75) is 18.4 Å². The van der Waals surface area contributed by atoms with Crippen molar-refractivity contribution in [2.24, 2.45) is 0 Å². The highest BCUT2D eigenvalue weighted by Gasteiger charge is 2.16. The van der Waals surface area contributed by atoms with Crippen LogP contribution in [0.15, 0.2) is 83.9 Å². The molecular formula is C29H24IN3O2S. The fourth-order valence-electron chi connectivity index (χ4n) is 3.60. The van der Waals surface area contributed by atoms with Crippen LogP contribution in [0.4, 0.5) is 5.69 Å². The predicted molar refractivity (Wildman–Crippen MR) is 154 cm³/mol. The van der Waals surface area contributed by atoms with Crippen molar-refractivity contribution in [3.8, 4) is 34.2 Å². The fourth-order valence-corrected chi connectivity index (χ4v) is 4.90. The number of nitriles is 1. The lowest BCUT2D eigenvalue weighted by Gasteiger charge is -2.13. The van der Waals surface area contributed by atoms with Gasteiger partial charge in [-0.1, -0.05) is 29.8 Å². The summed E-state index contributed by atoms with van der Waals surface area (Å²) in [6.07, 6.45) is 0.301. The molecule has 0 saturated heterocycles. The molecular weight excluding hydrogens is 581 g/mol. The summed E-state index contributed by atoms with van der Waals surface area (Å²) in [6, 6.07) is 27.8. The lowest BCUT2D eigenvalue weighted by Crippen LogP contribution is -2.12. The Hall–Kier alpha value is -3.35. The van der Waals surface area contributed by atoms with Gasteiger partial charge in [0.15, 0.2) is 0 Å². The average molecular weight is 606 g/mol. The highest BCUT2D eigenvalue weighted by molar-refractivity contribution is 14.1. The van der Waals surface area contributed by atoms with Crippen molar-refractivity contribution in [1.82, 2.24) is 4.98 Å². The van der Waals surface area contributed by atoms with Crippen LogP contribution in [0.5, 0.6) is 5.75 Å². The minimum atomic E-state index is -0.0766. The maximum Gasteiger partial charge on any atom is 0.225 e. The number of amides is 1. The highest BCUT2D eigenvalue weighted by atomic mass is 127. The minimum Gasteiger partial charge on any atom is -0.497 e. The molecule has 3 aromatic carbocycles. The molecule has 0 aliphatic carbocycles. The first kappa shape index (κ1) is 25.7. The third kappa shape index (κ3) is 6.45. The first-order valence-corrected chi connectivity index (χ1v) is 13.4. The van der Waals surface area contributed by atoms with Gasteiger partial charge < -0.3 is 10.1 Å². The van der Waals surface area contributed by atoms with Gasteiger partial charge in [-0.2, -0.15) is 5.26 Å². The molecule has 0 bridgehead atoms. The van der Waals surface area contributed by atoms with E-state index < -0.39 is 0 Å². The second kappa shape index (κ2) is 12.1. The Morgan fingerprint density at radius 2 is 1.69 bits per heavy atom. The van der Waals surface area contributed by atoms with Crippen LogP contribution in [0.1, 0.15) is 17.5 Å². The molecule has 0 aliphatic rings. The second-order valence-corrected chi connectivity index (χ2v) is 10.4. The van der Waals surface area contributed by atoms with E-state index in [0.717, 1.165) is 43.0 Å². The third-order valence-corrected chi connectivity index (χ3v) is 7.24. The topological polar surface area (TPSA) is 75.0 Å². The number of aryl methyl sites for hydroxylation is 1. The molecule has 0 atom stereocenters. The van der Waals surface area contributed by atoms with Crippen LogP contribution in [0, 0.1) is 21.8 Å². The molecule has 0 aliphatic heterocycles. The molecule has 36 heavy (non-hydrogen) atoms. The van der Waals surface area contributed by atoms with E-state index in [1.165, 1.54) is 11.8 Å². The Balaban J connectivity index is 1.61. The molecule has 0 spiro atoms. The molecule has 180 valence electrons. The number of anilines is 1. The van der Waals surface area contributed by atoms with Gasteiger partial charge >= 0.3 is 0 Å². The van der Waals surface area contributed by atoms with Crippen LogP contribution < -0.4 is 10.1 Å². The fraction of sp³-hybridized carbons (Fsp3) is 0.138. The Bertz CT molecular complexity index is 1400. The van der Waals surface area contributed by atoms with Crippen LogP contribution in [0.2, 0.25) is 0 Å². The normalized spacial score (nSPS) is 10.5. The summed E-state index contributed by atoms with van der Waals surface area (Å²) in [5.74, 6) is 1.18. The molecule has 1 N–H and O–H groups in total. The van der Waals surface area contributed by atoms with Gasteiger partial charge in [0, 0.05) is 32.6 Å². The predicted octanol–water partition coefficient (Wildman–Crippen LogP) is 7.33. The van der Waals surface area contributed by atoms with Gasteiger partial charge in [0.1, 0.15) is 16.8 Å². The largest absolute Gasteiger partial charge is 0.497 e. The number of benzene rings is 3. The van der Waals surface area contributed by atoms with E-state index in [1.54, 1.807) is 7.11 Å². The summed E-state index contributed by atoms with van der Waals surface area (Å²) in [4.78, 5) is 17.3. The summed E-state index contributed by atoms with van der Waals surface area (Å²) in [5.41, 5.74) is 5.89. The highest BCUT2D eigenvalue weighted by Crippen LogP contribution is 2.35. The van der Waals surface area contributed by atoms with Crippen LogP contribution in [-0.4, -0.2) is 23.8 Å². The van der Waals surface area contributed by atoms with Gasteiger partial charge in [-0.05, 0) is 89.7 Å². The number of hydrogen-bond donors (Lipinski definition) is 1. The van der Waals surface area contributed by atoms with Crippen molar-refractivity contribution in [2.75, 3.05) is 18.2 Å². The maximum atomic E-state index is 12.5. The number of methoxy groups -OCH3 is 1. The molecule has 4 aromatic rings. The van der Waals surface area contributed by atoms with Crippen LogP contribution in [0.25, 0.3) is 22.4 Å². The smallest absolute Gasteiger partial charge is 0.225 e. The van der Waals surface area contributed by atoms with Crippen LogP contribution >= 0.6 is 34.4 Å². The second-order valence-electron chi connectivity index (χ2n) is 8.10. The number of rotatable bonds is 8. The van der Waals surface area contributed by atoms with Gasteiger partial charge in [-0.15, -0.1) is 11.8 Å². The number of carbonyl (C=O) groups is 1. The molecule has 0 radical (unpaired) electrons.